The number of carbonyl (C=O) groups excluding carboxylic acids is 2. The molecule has 0 radical (unpaired) electrons. The number of fused-ring (bicyclic) bond motifs is 1. The number of amides is 2. The summed E-state index contributed by atoms with van der Waals surface area (Å²) in [5, 5.41) is 12.0. The molecule has 2 saturated heterocycles. The van der Waals surface area contributed by atoms with Crippen LogP contribution in [0.4, 0.5) is 0 Å². The maximum atomic E-state index is 13.1. The second-order valence-electron chi connectivity index (χ2n) is 8.67. The molecular weight excluding hydrogens is 366 g/mol. The fraction of sp³-hybridized carbons (Fsp3) is 0.609. The lowest BCUT2D eigenvalue weighted by molar-refractivity contribution is -0.143. The summed E-state index contributed by atoms with van der Waals surface area (Å²) in [4.78, 5) is 29.6. The largest absolute Gasteiger partial charge is 0.411 e. The molecule has 0 saturated carbocycles. The third kappa shape index (κ3) is 4.31. The van der Waals surface area contributed by atoms with Crippen LogP contribution in [-0.4, -0.2) is 58.2 Å². The average molecular weight is 398 g/mol. The molecule has 0 spiro atoms. The summed E-state index contributed by atoms with van der Waals surface area (Å²) in [7, 11) is 0. The molecule has 0 aromatic heterocycles. The number of nitrogens with zero attached hydrogens (tertiary/aromatic N) is 3. The molecule has 6 heteroatoms. The summed E-state index contributed by atoms with van der Waals surface area (Å²) in [6.45, 7) is 1.35. The van der Waals surface area contributed by atoms with E-state index < -0.39 is 0 Å². The molecule has 1 aromatic rings. The van der Waals surface area contributed by atoms with E-state index in [1.807, 2.05) is 4.90 Å². The van der Waals surface area contributed by atoms with Crippen molar-refractivity contribution in [1.29, 1.82) is 0 Å². The number of rotatable bonds is 5. The van der Waals surface area contributed by atoms with Gasteiger partial charge < -0.3 is 15.0 Å². The van der Waals surface area contributed by atoms with Gasteiger partial charge in [-0.05, 0) is 68.4 Å². The second-order valence-corrected chi connectivity index (χ2v) is 8.67. The Labute approximate surface area is 172 Å². The van der Waals surface area contributed by atoms with Crippen LogP contribution in [0.5, 0.6) is 0 Å². The van der Waals surface area contributed by atoms with Crippen LogP contribution in [0.15, 0.2) is 29.4 Å². The first-order valence-electron chi connectivity index (χ1n) is 11.0. The number of hydrogen-bond acceptors (Lipinski definition) is 4. The smallest absolute Gasteiger partial charge is 0.245 e. The van der Waals surface area contributed by atoms with Crippen LogP contribution in [0.1, 0.15) is 56.1 Å². The summed E-state index contributed by atoms with van der Waals surface area (Å²) in [5.74, 6) is 0.686. The third-order valence-corrected chi connectivity index (χ3v) is 6.89. The zero-order chi connectivity index (χ0) is 20.2. The highest BCUT2D eigenvalue weighted by Crippen LogP contribution is 2.30. The number of oxime groups is 1. The van der Waals surface area contributed by atoms with Crippen molar-refractivity contribution in [2.45, 2.75) is 69.9 Å². The predicted octanol–water partition coefficient (Wildman–Crippen LogP) is 3.01. The molecule has 4 rings (SSSR count). The van der Waals surface area contributed by atoms with Crippen molar-refractivity contribution in [3.63, 3.8) is 0 Å². The maximum Gasteiger partial charge on any atom is 0.245 e. The van der Waals surface area contributed by atoms with Crippen molar-refractivity contribution in [2.24, 2.45) is 11.1 Å². The van der Waals surface area contributed by atoms with E-state index in [0.717, 1.165) is 51.4 Å². The second kappa shape index (κ2) is 8.97. The van der Waals surface area contributed by atoms with E-state index in [0.29, 0.717) is 25.4 Å². The molecule has 0 bridgehead atoms. The fourth-order valence-electron chi connectivity index (χ4n) is 5.30. The highest BCUT2D eigenvalue weighted by molar-refractivity contribution is 5.90. The molecule has 3 aliphatic rings. The van der Waals surface area contributed by atoms with Crippen LogP contribution in [0.25, 0.3) is 0 Å². The molecule has 156 valence electrons. The fourth-order valence-corrected chi connectivity index (χ4v) is 5.30. The Hall–Kier alpha value is -2.37. The number of benzene rings is 1. The summed E-state index contributed by atoms with van der Waals surface area (Å²) in [5.41, 5.74) is 2.88. The van der Waals surface area contributed by atoms with E-state index in [2.05, 4.69) is 29.4 Å². The van der Waals surface area contributed by atoms with Gasteiger partial charge in [-0.2, -0.15) is 0 Å². The van der Waals surface area contributed by atoms with Crippen molar-refractivity contribution in [3.05, 3.63) is 35.4 Å². The Morgan fingerprint density at radius 2 is 1.83 bits per heavy atom. The minimum Gasteiger partial charge on any atom is -0.411 e. The van der Waals surface area contributed by atoms with Crippen LogP contribution >= 0.6 is 0 Å². The Kier molecular flexibility index (Phi) is 6.16. The van der Waals surface area contributed by atoms with Crippen LogP contribution in [0, 0.1) is 5.92 Å². The van der Waals surface area contributed by atoms with Gasteiger partial charge in [0.2, 0.25) is 11.8 Å². The molecule has 1 aliphatic carbocycles. The average Bonchev–Trinajstić information content (AvgIpc) is 3.41. The Morgan fingerprint density at radius 3 is 2.66 bits per heavy atom. The van der Waals surface area contributed by atoms with Crippen molar-refractivity contribution >= 4 is 18.0 Å². The molecule has 3 atom stereocenters. The summed E-state index contributed by atoms with van der Waals surface area (Å²) < 4.78 is 0. The minimum atomic E-state index is -0.345. The molecule has 29 heavy (non-hydrogen) atoms. The Balaban J connectivity index is 1.33. The lowest BCUT2D eigenvalue weighted by Gasteiger charge is -2.31. The van der Waals surface area contributed by atoms with Crippen LogP contribution in [0.2, 0.25) is 0 Å². The predicted molar refractivity (Wildman–Crippen MR) is 111 cm³/mol. The van der Waals surface area contributed by atoms with E-state index in [9.17, 15) is 9.59 Å². The molecular formula is C23H31N3O3. The lowest BCUT2D eigenvalue weighted by atomic mass is 9.81. The first-order chi connectivity index (χ1) is 14.2. The van der Waals surface area contributed by atoms with Crippen molar-refractivity contribution in [2.75, 3.05) is 13.1 Å². The first kappa shape index (κ1) is 19.9. The maximum absolute atomic E-state index is 13.1. The lowest BCUT2D eigenvalue weighted by Crippen LogP contribution is -2.49. The highest BCUT2D eigenvalue weighted by Gasteiger charge is 2.39. The number of hydrogen-bond donors (Lipinski definition) is 1. The zero-order valence-electron chi connectivity index (χ0n) is 17.0. The molecule has 2 aliphatic heterocycles. The van der Waals surface area contributed by atoms with Gasteiger partial charge in [0.05, 0.1) is 12.3 Å². The van der Waals surface area contributed by atoms with E-state index in [4.69, 9.17) is 5.21 Å². The van der Waals surface area contributed by atoms with Gasteiger partial charge in [-0.25, -0.2) is 0 Å². The van der Waals surface area contributed by atoms with Gasteiger partial charge in [0.15, 0.2) is 0 Å². The normalized spacial score (nSPS) is 26.8. The standard InChI is InChI=1S/C23H31N3O3/c27-22(12-10-17-9-11-18-5-1-2-6-19(18)15-17)26-14-4-8-21(26)23(28)25-13-3-7-20(25)16-24-29/h1-2,5-6,16-17,20-21,29H,3-4,7-15H2/t17-,20-,21-/m0/s1. The SMILES string of the molecule is O=C([C@@H]1CCCN1C(=O)CC[C@@H]1CCc2ccccc2C1)N1CCC[C@H]1C=NO. The molecule has 0 unspecified atom stereocenters. The topological polar surface area (TPSA) is 73.2 Å². The minimum absolute atomic E-state index is 0.0184. The summed E-state index contributed by atoms with van der Waals surface area (Å²) >= 11 is 0. The summed E-state index contributed by atoms with van der Waals surface area (Å²) in [6.07, 6.45) is 9.50. The van der Waals surface area contributed by atoms with Crippen molar-refractivity contribution in [1.82, 2.24) is 9.80 Å². The Bertz CT molecular complexity index is 778. The monoisotopic (exact) mass is 397 g/mol. The molecule has 2 fully saturated rings. The third-order valence-electron chi connectivity index (χ3n) is 6.89. The van der Waals surface area contributed by atoms with E-state index in [1.165, 1.54) is 17.3 Å². The van der Waals surface area contributed by atoms with Gasteiger partial charge in [-0.3, -0.25) is 9.59 Å². The molecule has 6 nitrogen and oxygen atoms in total. The Morgan fingerprint density at radius 1 is 1.07 bits per heavy atom. The molecule has 2 amide bonds. The molecule has 1 aromatic carbocycles. The van der Waals surface area contributed by atoms with Gasteiger partial charge in [0, 0.05) is 19.5 Å². The quantitative estimate of drug-likeness (QED) is 0.472. The van der Waals surface area contributed by atoms with Gasteiger partial charge in [-0.15, -0.1) is 0 Å². The van der Waals surface area contributed by atoms with Crippen LogP contribution in [0.3, 0.4) is 0 Å². The van der Waals surface area contributed by atoms with Gasteiger partial charge >= 0.3 is 0 Å². The number of carbonyl (C=O) groups is 2. The summed E-state index contributed by atoms with van der Waals surface area (Å²) in [6, 6.07) is 8.13. The van der Waals surface area contributed by atoms with Gasteiger partial charge in [0.25, 0.3) is 0 Å². The highest BCUT2D eigenvalue weighted by atomic mass is 16.4. The number of likely N-dealkylation sites (tertiary alicyclic amines) is 2. The van der Waals surface area contributed by atoms with Crippen molar-refractivity contribution < 1.29 is 14.8 Å². The van der Waals surface area contributed by atoms with E-state index in [1.54, 1.807) is 4.90 Å². The zero-order valence-corrected chi connectivity index (χ0v) is 17.0. The van der Waals surface area contributed by atoms with Crippen LogP contribution < -0.4 is 0 Å². The van der Waals surface area contributed by atoms with E-state index in [-0.39, 0.29) is 23.9 Å². The van der Waals surface area contributed by atoms with Gasteiger partial charge in [-0.1, -0.05) is 29.4 Å². The van der Waals surface area contributed by atoms with E-state index >= 15 is 0 Å². The molecule has 2 heterocycles. The molecule has 1 N–H and O–H groups in total. The number of aryl methyl sites for hydroxylation is 1. The van der Waals surface area contributed by atoms with Crippen molar-refractivity contribution in [3.8, 4) is 0 Å². The van der Waals surface area contributed by atoms with Gasteiger partial charge in [0.1, 0.15) is 6.04 Å². The first-order valence-corrected chi connectivity index (χ1v) is 11.0. The van der Waals surface area contributed by atoms with Crippen LogP contribution in [-0.2, 0) is 22.4 Å².